The summed E-state index contributed by atoms with van der Waals surface area (Å²) < 4.78 is 5.74. The van der Waals surface area contributed by atoms with Crippen LogP contribution in [0.2, 0.25) is 10.0 Å². The lowest BCUT2D eigenvalue weighted by molar-refractivity contribution is 0.278. The smallest absolute Gasteiger partial charge is 0.212 e. The monoisotopic (exact) mass is 298 g/mol. The first-order valence-corrected chi connectivity index (χ1v) is 7.42. The molecule has 0 radical (unpaired) electrons. The van der Waals surface area contributed by atoms with Crippen molar-refractivity contribution in [2.45, 2.75) is 38.1 Å². The minimum atomic E-state index is -0.150. The van der Waals surface area contributed by atoms with E-state index in [1.807, 2.05) is 0 Å². The molecule has 2 N–H and O–H groups in total. The van der Waals surface area contributed by atoms with Crippen LogP contribution in [0.1, 0.15) is 44.0 Å². The van der Waals surface area contributed by atoms with E-state index >= 15 is 0 Å². The Morgan fingerprint density at radius 1 is 1.21 bits per heavy atom. The molecule has 1 aliphatic carbocycles. The summed E-state index contributed by atoms with van der Waals surface area (Å²) in [7, 11) is 0. The van der Waals surface area contributed by atoms with Gasteiger partial charge in [0.15, 0.2) is 5.58 Å². The highest BCUT2D eigenvalue weighted by Crippen LogP contribution is 2.35. The summed E-state index contributed by atoms with van der Waals surface area (Å²) in [6.45, 7) is 0. The van der Waals surface area contributed by atoms with Crippen molar-refractivity contribution in [1.82, 2.24) is 4.98 Å². The first-order chi connectivity index (χ1) is 9.15. The van der Waals surface area contributed by atoms with E-state index in [0.29, 0.717) is 33.0 Å². The van der Waals surface area contributed by atoms with Crippen LogP contribution in [-0.4, -0.2) is 4.98 Å². The summed E-state index contributed by atoms with van der Waals surface area (Å²) in [5.41, 5.74) is 7.55. The van der Waals surface area contributed by atoms with Gasteiger partial charge in [0.1, 0.15) is 5.52 Å². The summed E-state index contributed by atoms with van der Waals surface area (Å²) in [6.07, 6.45) is 6.08. The van der Waals surface area contributed by atoms with Gasteiger partial charge < -0.3 is 10.2 Å². The van der Waals surface area contributed by atoms with Crippen molar-refractivity contribution in [1.29, 1.82) is 0 Å². The fourth-order valence-electron chi connectivity index (χ4n) is 2.81. The van der Waals surface area contributed by atoms with Crippen LogP contribution in [0.5, 0.6) is 0 Å². The summed E-state index contributed by atoms with van der Waals surface area (Å²) in [5.74, 6) is 1.03. The lowest BCUT2D eigenvalue weighted by atomic mass is 9.84. The molecule has 0 bridgehead atoms. The molecule has 1 aliphatic rings. The van der Waals surface area contributed by atoms with E-state index < -0.39 is 0 Å². The largest absolute Gasteiger partial charge is 0.437 e. The predicted molar refractivity (Wildman–Crippen MR) is 77.5 cm³/mol. The van der Waals surface area contributed by atoms with Gasteiger partial charge >= 0.3 is 0 Å². The fraction of sp³-hybridized carbons (Fsp3) is 0.500. The Morgan fingerprint density at radius 3 is 2.68 bits per heavy atom. The first kappa shape index (κ1) is 13.2. The van der Waals surface area contributed by atoms with Gasteiger partial charge in [0.25, 0.3) is 0 Å². The Bertz CT molecular complexity index is 590. The van der Waals surface area contributed by atoms with Crippen LogP contribution in [-0.2, 0) is 0 Å². The van der Waals surface area contributed by atoms with Crippen molar-refractivity contribution < 1.29 is 4.42 Å². The molecule has 0 spiro atoms. The standard InChI is InChI=1S/C14H16Cl2N2O/c15-9-6-10(16)13-11(7-9)18-14(19-13)12(17)8-4-2-1-3-5-8/h6-8,12H,1-5,17H2. The molecule has 1 aromatic carbocycles. The molecule has 0 saturated heterocycles. The van der Waals surface area contributed by atoms with Crippen molar-refractivity contribution >= 4 is 34.3 Å². The number of benzene rings is 1. The fourth-order valence-corrected chi connectivity index (χ4v) is 3.34. The highest BCUT2D eigenvalue weighted by atomic mass is 35.5. The molecule has 1 fully saturated rings. The zero-order valence-electron chi connectivity index (χ0n) is 10.5. The van der Waals surface area contributed by atoms with Crippen LogP contribution in [0.15, 0.2) is 16.5 Å². The Labute approximate surface area is 122 Å². The number of nitrogens with zero attached hydrogens (tertiary/aromatic N) is 1. The topological polar surface area (TPSA) is 52.0 Å². The minimum absolute atomic E-state index is 0.150. The van der Waals surface area contributed by atoms with Gasteiger partial charge in [0, 0.05) is 5.02 Å². The van der Waals surface area contributed by atoms with Crippen LogP contribution in [0.4, 0.5) is 0 Å². The van der Waals surface area contributed by atoms with E-state index in [-0.39, 0.29) is 6.04 Å². The number of aromatic nitrogens is 1. The van der Waals surface area contributed by atoms with Crippen molar-refractivity contribution in [2.75, 3.05) is 0 Å². The lowest BCUT2D eigenvalue weighted by Gasteiger charge is -2.25. The average molecular weight is 299 g/mol. The molecule has 3 rings (SSSR count). The van der Waals surface area contributed by atoms with Gasteiger partial charge in [0.05, 0.1) is 11.1 Å². The number of nitrogens with two attached hydrogens (primary N) is 1. The van der Waals surface area contributed by atoms with Gasteiger partial charge in [0.2, 0.25) is 5.89 Å². The summed E-state index contributed by atoms with van der Waals surface area (Å²) >= 11 is 12.1. The van der Waals surface area contributed by atoms with Crippen molar-refractivity contribution in [3.8, 4) is 0 Å². The third-order valence-electron chi connectivity index (χ3n) is 3.87. The van der Waals surface area contributed by atoms with E-state index in [2.05, 4.69) is 4.98 Å². The summed E-state index contributed by atoms with van der Waals surface area (Å²) in [5, 5.41) is 1.04. The maximum atomic E-state index is 6.29. The predicted octanol–water partition coefficient (Wildman–Crippen LogP) is 4.71. The van der Waals surface area contributed by atoms with Gasteiger partial charge in [-0.25, -0.2) is 4.98 Å². The van der Waals surface area contributed by atoms with Gasteiger partial charge in [-0.3, -0.25) is 0 Å². The average Bonchev–Trinajstić information content (AvgIpc) is 2.83. The normalized spacial score (nSPS) is 18.9. The van der Waals surface area contributed by atoms with Crippen molar-refractivity contribution in [2.24, 2.45) is 11.7 Å². The van der Waals surface area contributed by atoms with Gasteiger partial charge in [-0.1, -0.05) is 42.5 Å². The van der Waals surface area contributed by atoms with E-state index in [0.717, 1.165) is 12.8 Å². The first-order valence-electron chi connectivity index (χ1n) is 6.66. The second-order valence-electron chi connectivity index (χ2n) is 5.21. The molecular weight excluding hydrogens is 283 g/mol. The van der Waals surface area contributed by atoms with Crippen LogP contribution in [0.25, 0.3) is 11.1 Å². The SMILES string of the molecule is NC(c1nc2cc(Cl)cc(Cl)c2o1)C1CCCCC1. The van der Waals surface area contributed by atoms with Crippen molar-refractivity contribution in [3.05, 3.63) is 28.1 Å². The Kier molecular flexibility index (Phi) is 3.70. The quantitative estimate of drug-likeness (QED) is 0.873. The Morgan fingerprint density at radius 2 is 1.95 bits per heavy atom. The second-order valence-corrected chi connectivity index (χ2v) is 6.06. The summed E-state index contributed by atoms with van der Waals surface area (Å²) in [6, 6.07) is 3.26. The molecule has 1 aromatic heterocycles. The van der Waals surface area contributed by atoms with E-state index in [1.165, 1.54) is 19.3 Å². The summed E-state index contributed by atoms with van der Waals surface area (Å²) in [4.78, 5) is 4.45. The number of halogens is 2. The van der Waals surface area contributed by atoms with E-state index in [4.69, 9.17) is 33.4 Å². The van der Waals surface area contributed by atoms with Crippen LogP contribution >= 0.6 is 23.2 Å². The van der Waals surface area contributed by atoms with Crippen molar-refractivity contribution in [3.63, 3.8) is 0 Å². The van der Waals surface area contributed by atoms with Crippen LogP contribution in [0, 0.1) is 5.92 Å². The van der Waals surface area contributed by atoms with Gasteiger partial charge in [-0.2, -0.15) is 0 Å². The maximum absolute atomic E-state index is 6.29. The molecule has 1 unspecified atom stereocenters. The van der Waals surface area contributed by atoms with Crippen LogP contribution < -0.4 is 5.73 Å². The highest BCUT2D eigenvalue weighted by molar-refractivity contribution is 6.37. The third-order valence-corrected chi connectivity index (χ3v) is 4.37. The number of hydrogen-bond acceptors (Lipinski definition) is 3. The molecule has 1 heterocycles. The third kappa shape index (κ3) is 2.60. The molecule has 19 heavy (non-hydrogen) atoms. The number of oxazole rings is 1. The Hall–Kier alpha value is -0.770. The molecule has 2 aromatic rings. The van der Waals surface area contributed by atoms with E-state index in [1.54, 1.807) is 12.1 Å². The number of fused-ring (bicyclic) bond motifs is 1. The Balaban J connectivity index is 1.94. The molecule has 3 nitrogen and oxygen atoms in total. The molecule has 1 atom stereocenters. The van der Waals surface area contributed by atoms with Gasteiger partial charge in [-0.15, -0.1) is 0 Å². The molecule has 0 amide bonds. The lowest BCUT2D eigenvalue weighted by Crippen LogP contribution is -2.23. The van der Waals surface area contributed by atoms with Gasteiger partial charge in [-0.05, 0) is 30.9 Å². The van der Waals surface area contributed by atoms with E-state index in [9.17, 15) is 0 Å². The van der Waals surface area contributed by atoms with Crippen LogP contribution in [0.3, 0.4) is 0 Å². The second kappa shape index (κ2) is 5.31. The number of rotatable bonds is 2. The zero-order chi connectivity index (χ0) is 13.4. The maximum Gasteiger partial charge on any atom is 0.212 e. The zero-order valence-corrected chi connectivity index (χ0v) is 12.0. The number of hydrogen-bond donors (Lipinski definition) is 1. The highest BCUT2D eigenvalue weighted by Gasteiger charge is 2.26. The molecule has 1 saturated carbocycles. The minimum Gasteiger partial charge on any atom is -0.437 e. The molecular formula is C14H16Cl2N2O. The molecule has 5 heteroatoms. The molecule has 102 valence electrons. The molecule has 0 aliphatic heterocycles.